The zero-order valence-corrected chi connectivity index (χ0v) is 16.0. The number of carbonyl (C=O) groups is 1. The molecule has 4 rings (SSSR count). The van der Waals surface area contributed by atoms with Crippen molar-refractivity contribution in [3.8, 4) is 0 Å². The number of benzene rings is 1. The van der Waals surface area contributed by atoms with E-state index >= 15 is 0 Å². The third kappa shape index (κ3) is 4.46. The maximum Gasteiger partial charge on any atom is 0.410 e. The summed E-state index contributed by atoms with van der Waals surface area (Å²) < 4.78 is 11.3. The summed E-state index contributed by atoms with van der Waals surface area (Å²) in [5, 5.41) is 11.3. The van der Waals surface area contributed by atoms with Gasteiger partial charge in [0.2, 0.25) is 0 Å². The van der Waals surface area contributed by atoms with Gasteiger partial charge in [-0.25, -0.2) is 4.79 Å². The van der Waals surface area contributed by atoms with Crippen molar-refractivity contribution in [3.63, 3.8) is 0 Å². The van der Waals surface area contributed by atoms with E-state index in [1.807, 2.05) is 35.2 Å². The van der Waals surface area contributed by atoms with Gasteiger partial charge in [0.05, 0.1) is 30.9 Å². The number of piperidine rings is 1. The summed E-state index contributed by atoms with van der Waals surface area (Å²) in [5.74, 6) is 0.627. The van der Waals surface area contributed by atoms with Crippen molar-refractivity contribution in [2.24, 2.45) is 5.92 Å². The van der Waals surface area contributed by atoms with Crippen LogP contribution in [0.3, 0.4) is 0 Å². The number of morpholine rings is 1. The van der Waals surface area contributed by atoms with Crippen LogP contribution in [0.15, 0.2) is 30.3 Å². The van der Waals surface area contributed by atoms with E-state index in [-0.39, 0.29) is 24.8 Å². The van der Waals surface area contributed by atoms with Crippen LogP contribution >= 0.6 is 0 Å². The number of hydrogen-bond acceptors (Lipinski definition) is 4. The Kier molecular flexibility index (Phi) is 5.69. The number of hydrogen-bond donors (Lipinski definition) is 1. The largest absolute Gasteiger partial charge is 0.445 e. The topological polar surface area (TPSA) is 59.0 Å². The molecule has 27 heavy (non-hydrogen) atoms. The van der Waals surface area contributed by atoms with Crippen molar-refractivity contribution in [2.45, 2.75) is 75.7 Å². The summed E-state index contributed by atoms with van der Waals surface area (Å²) in [6, 6.07) is 9.57. The molecule has 3 fully saturated rings. The van der Waals surface area contributed by atoms with Crippen LogP contribution in [0.5, 0.6) is 0 Å². The Morgan fingerprint density at radius 3 is 2.44 bits per heavy atom. The van der Waals surface area contributed by atoms with E-state index in [2.05, 4.69) is 0 Å². The Balaban J connectivity index is 1.38. The monoisotopic (exact) mass is 373 g/mol. The van der Waals surface area contributed by atoms with Crippen molar-refractivity contribution in [1.82, 2.24) is 4.90 Å². The van der Waals surface area contributed by atoms with Crippen molar-refractivity contribution in [1.29, 1.82) is 0 Å². The third-order valence-corrected chi connectivity index (χ3v) is 6.45. The lowest BCUT2D eigenvalue weighted by molar-refractivity contribution is -0.140. The van der Waals surface area contributed by atoms with Crippen LogP contribution in [-0.4, -0.2) is 47.0 Å². The molecule has 1 aromatic carbocycles. The molecule has 0 radical (unpaired) electrons. The fourth-order valence-electron chi connectivity index (χ4n) is 5.26. The standard InChI is InChI=1S/C22H31NO4/c24-21(27-14-18-9-5-2-6-10-18)23-19-12-22(25,13-20(23)16-26-15-19)11-17-7-3-1-4-8-17/h2,5-6,9-10,17,19-20,25H,1,3-4,7-8,11-16H2. The minimum absolute atomic E-state index is 0.0886. The number of ether oxygens (including phenoxy) is 2. The summed E-state index contributed by atoms with van der Waals surface area (Å²) in [4.78, 5) is 14.6. The second-order valence-electron chi connectivity index (χ2n) is 8.63. The lowest BCUT2D eigenvalue weighted by atomic mass is 9.73. The number of rotatable bonds is 4. The molecule has 1 saturated carbocycles. The molecule has 0 aromatic heterocycles. The number of aliphatic hydroxyl groups is 1. The van der Waals surface area contributed by atoms with Crippen LogP contribution in [0.1, 0.15) is 56.9 Å². The minimum atomic E-state index is -0.669. The molecule has 3 aliphatic rings. The van der Waals surface area contributed by atoms with E-state index in [0.29, 0.717) is 32.0 Å². The zero-order chi connectivity index (χ0) is 18.7. The highest BCUT2D eigenvalue weighted by Gasteiger charge is 2.49. The van der Waals surface area contributed by atoms with Gasteiger partial charge in [-0.3, -0.25) is 4.90 Å². The predicted molar refractivity (Wildman–Crippen MR) is 102 cm³/mol. The Morgan fingerprint density at radius 2 is 1.78 bits per heavy atom. The van der Waals surface area contributed by atoms with Crippen LogP contribution < -0.4 is 0 Å². The van der Waals surface area contributed by atoms with Crippen molar-refractivity contribution in [2.75, 3.05) is 13.2 Å². The molecule has 0 spiro atoms. The first-order chi connectivity index (χ1) is 13.1. The van der Waals surface area contributed by atoms with Crippen molar-refractivity contribution in [3.05, 3.63) is 35.9 Å². The molecule has 1 amide bonds. The molecule has 2 bridgehead atoms. The number of amides is 1. The maximum absolute atomic E-state index is 12.8. The van der Waals surface area contributed by atoms with Gasteiger partial charge in [-0.15, -0.1) is 0 Å². The molecular weight excluding hydrogens is 342 g/mol. The lowest BCUT2D eigenvalue weighted by Gasteiger charge is -2.51. The summed E-state index contributed by atoms with van der Waals surface area (Å²) in [6.45, 7) is 1.26. The van der Waals surface area contributed by atoms with E-state index in [1.165, 1.54) is 32.1 Å². The molecule has 5 heteroatoms. The molecule has 1 aliphatic carbocycles. The van der Waals surface area contributed by atoms with E-state index < -0.39 is 5.60 Å². The van der Waals surface area contributed by atoms with Crippen molar-refractivity contribution < 1.29 is 19.4 Å². The number of carbonyl (C=O) groups excluding carboxylic acids is 1. The molecule has 1 aromatic rings. The summed E-state index contributed by atoms with van der Waals surface area (Å²) >= 11 is 0. The highest BCUT2D eigenvalue weighted by atomic mass is 16.6. The average molecular weight is 373 g/mol. The van der Waals surface area contributed by atoms with E-state index in [1.54, 1.807) is 0 Å². The highest BCUT2D eigenvalue weighted by molar-refractivity contribution is 5.69. The first kappa shape index (κ1) is 18.8. The van der Waals surface area contributed by atoms with Crippen LogP contribution in [-0.2, 0) is 16.1 Å². The lowest BCUT2D eigenvalue weighted by Crippen LogP contribution is -2.63. The second-order valence-corrected chi connectivity index (χ2v) is 8.63. The first-order valence-corrected chi connectivity index (χ1v) is 10.4. The summed E-state index contributed by atoms with van der Waals surface area (Å²) in [7, 11) is 0. The molecule has 148 valence electrons. The van der Waals surface area contributed by atoms with Gasteiger partial charge in [-0.2, -0.15) is 0 Å². The van der Waals surface area contributed by atoms with E-state index in [4.69, 9.17) is 9.47 Å². The SMILES string of the molecule is O=C(OCc1ccccc1)N1C2COCC1CC(O)(CC1CCCCC1)C2. The summed E-state index contributed by atoms with van der Waals surface area (Å²) in [6.07, 6.45) is 8.15. The van der Waals surface area contributed by atoms with Crippen LogP contribution in [0.25, 0.3) is 0 Å². The Hall–Kier alpha value is -1.59. The molecule has 2 unspecified atom stereocenters. The molecular formula is C22H31NO4. The van der Waals surface area contributed by atoms with Gasteiger partial charge in [0.25, 0.3) is 0 Å². The predicted octanol–water partition coefficient (Wildman–Crippen LogP) is 3.89. The minimum Gasteiger partial charge on any atom is -0.445 e. The molecule has 5 nitrogen and oxygen atoms in total. The van der Waals surface area contributed by atoms with Gasteiger partial charge in [-0.1, -0.05) is 62.4 Å². The average Bonchev–Trinajstić information content (AvgIpc) is 2.67. The second kappa shape index (κ2) is 8.19. The van der Waals surface area contributed by atoms with Crippen molar-refractivity contribution >= 4 is 6.09 Å². The summed E-state index contributed by atoms with van der Waals surface area (Å²) in [5.41, 5.74) is 0.315. The fourth-order valence-corrected chi connectivity index (χ4v) is 5.26. The van der Waals surface area contributed by atoms with Gasteiger partial charge < -0.3 is 14.6 Å². The van der Waals surface area contributed by atoms with Gasteiger partial charge in [0.15, 0.2) is 0 Å². The Morgan fingerprint density at radius 1 is 1.11 bits per heavy atom. The molecule has 2 aliphatic heterocycles. The van der Waals surface area contributed by atoms with Gasteiger partial charge in [0.1, 0.15) is 6.61 Å². The smallest absolute Gasteiger partial charge is 0.410 e. The third-order valence-electron chi connectivity index (χ3n) is 6.45. The fraction of sp³-hybridized carbons (Fsp3) is 0.682. The quantitative estimate of drug-likeness (QED) is 0.870. The maximum atomic E-state index is 12.8. The van der Waals surface area contributed by atoms with Crippen LogP contribution in [0, 0.1) is 5.92 Å². The first-order valence-electron chi connectivity index (χ1n) is 10.4. The van der Waals surface area contributed by atoms with Gasteiger partial charge in [0, 0.05) is 0 Å². The molecule has 2 heterocycles. The Labute approximate surface area is 161 Å². The van der Waals surface area contributed by atoms with Crippen LogP contribution in [0.2, 0.25) is 0 Å². The van der Waals surface area contributed by atoms with E-state index in [0.717, 1.165) is 12.0 Å². The van der Waals surface area contributed by atoms with Gasteiger partial charge in [-0.05, 0) is 30.7 Å². The molecule has 2 saturated heterocycles. The van der Waals surface area contributed by atoms with Gasteiger partial charge >= 0.3 is 6.09 Å². The Bertz CT molecular complexity index is 614. The number of nitrogens with zero attached hydrogens (tertiary/aromatic N) is 1. The van der Waals surface area contributed by atoms with E-state index in [9.17, 15) is 9.90 Å². The number of fused-ring (bicyclic) bond motifs is 2. The molecule has 1 N–H and O–H groups in total. The zero-order valence-electron chi connectivity index (χ0n) is 16.0. The van der Waals surface area contributed by atoms with Crippen LogP contribution in [0.4, 0.5) is 4.79 Å². The normalized spacial score (nSPS) is 31.5. The molecule has 2 atom stereocenters. The highest BCUT2D eigenvalue weighted by Crippen LogP contribution is 2.41.